The first-order chi connectivity index (χ1) is 16.4. The third-order valence-electron chi connectivity index (χ3n) is 8.84. The molecule has 1 aliphatic heterocycles. The molecule has 0 unspecified atom stereocenters. The zero-order valence-corrected chi connectivity index (χ0v) is 21.5. The molecule has 4 bridgehead atoms. The van der Waals surface area contributed by atoms with E-state index in [2.05, 4.69) is 31.2 Å². The molecule has 3 amide bonds. The van der Waals surface area contributed by atoms with Gasteiger partial charge in [-0.05, 0) is 66.9 Å². The number of rotatable bonds is 3. The summed E-state index contributed by atoms with van der Waals surface area (Å²) in [5.41, 5.74) is 8.84. The topological polar surface area (TPSA) is 93.2 Å². The van der Waals surface area contributed by atoms with Gasteiger partial charge in [0.2, 0.25) is 0 Å². The number of halogens is 1. The number of carbonyl (C=O) groups is 2. The van der Waals surface area contributed by atoms with Gasteiger partial charge in [0.1, 0.15) is 5.69 Å². The van der Waals surface area contributed by atoms with E-state index >= 15 is 0 Å². The summed E-state index contributed by atoms with van der Waals surface area (Å²) in [6.45, 7) is 8.60. The van der Waals surface area contributed by atoms with E-state index in [9.17, 15) is 9.59 Å². The molecule has 0 atom stereocenters. The first kappa shape index (κ1) is 22.9. The molecule has 2 heterocycles. The van der Waals surface area contributed by atoms with E-state index < -0.39 is 5.91 Å². The van der Waals surface area contributed by atoms with E-state index in [1.165, 1.54) is 19.3 Å². The first-order valence-electron chi connectivity index (χ1n) is 12.6. The van der Waals surface area contributed by atoms with Crippen LogP contribution in [0, 0.1) is 16.2 Å². The molecule has 0 spiro atoms. The highest BCUT2D eigenvalue weighted by molar-refractivity contribution is 6.30. The van der Waals surface area contributed by atoms with Gasteiger partial charge in [0.05, 0.1) is 24.3 Å². The number of urea groups is 1. The fraction of sp³-hybridized carbons (Fsp3) is 0.593. The van der Waals surface area contributed by atoms with Gasteiger partial charge < -0.3 is 16.0 Å². The number of hydrogen-bond acceptors (Lipinski definition) is 3. The summed E-state index contributed by atoms with van der Waals surface area (Å²) >= 11 is 6.18. The zero-order chi connectivity index (χ0) is 24.8. The van der Waals surface area contributed by atoms with Crippen LogP contribution in [0.25, 0.3) is 11.3 Å². The molecule has 2 aromatic rings. The summed E-state index contributed by atoms with van der Waals surface area (Å²) in [5.74, 6) is -0.543. The Bertz CT molecular complexity index is 1200. The number of nitrogens with zero attached hydrogens (tertiary/aromatic N) is 3. The molecular formula is C27H34ClN5O2. The van der Waals surface area contributed by atoms with E-state index in [0.717, 1.165) is 24.8 Å². The van der Waals surface area contributed by atoms with Crippen molar-refractivity contribution in [3.05, 3.63) is 40.5 Å². The van der Waals surface area contributed by atoms with Crippen LogP contribution in [0.4, 0.5) is 4.79 Å². The summed E-state index contributed by atoms with van der Waals surface area (Å²) < 4.78 is 1.81. The Morgan fingerprint density at radius 3 is 2.20 bits per heavy atom. The van der Waals surface area contributed by atoms with Crippen molar-refractivity contribution in [2.45, 2.75) is 77.9 Å². The fourth-order valence-electron chi connectivity index (χ4n) is 9.32. The average molecular weight is 496 g/mol. The molecule has 4 saturated carbocycles. The van der Waals surface area contributed by atoms with Crippen molar-refractivity contribution in [1.29, 1.82) is 0 Å². The van der Waals surface area contributed by atoms with Crippen LogP contribution in [0.2, 0.25) is 5.02 Å². The van der Waals surface area contributed by atoms with Gasteiger partial charge in [-0.25, -0.2) is 4.79 Å². The summed E-state index contributed by atoms with van der Waals surface area (Å²) in [4.78, 5) is 28.0. The molecule has 5 aliphatic rings. The maximum absolute atomic E-state index is 13.7. The summed E-state index contributed by atoms with van der Waals surface area (Å²) in [6.07, 6.45) is 6.91. The van der Waals surface area contributed by atoms with Gasteiger partial charge in [-0.15, -0.1) is 0 Å². The lowest BCUT2D eigenvalue weighted by atomic mass is 9.38. The number of primary amides is 1. The number of aromatic nitrogens is 2. The van der Waals surface area contributed by atoms with Crippen LogP contribution < -0.4 is 11.1 Å². The molecule has 3 N–H and O–H groups in total. The third-order valence-corrected chi connectivity index (χ3v) is 9.08. The van der Waals surface area contributed by atoms with Crippen molar-refractivity contribution < 1.29 is 9.59 Å². The Hall–Kier alpha value is -2.54. The van der Waals surface area contributed by atoms with Crippen molar-refractivity contribution in [1.82, 2.24) is 20.0 Å². The molecule has 4 fully saturated rings. The highest BCUT2D eigenvalue weighted by atomic mass is 35.5. The molecule has 0 radical (unpaired) electrons. The smallest absolute Gasteiger partial charge is 0.318 e. The SMILES string of the molecule is CC12CC3(C)CC(C)(C1)CC(NC(=O)N1CCn4nc(-c5cccc(Cl)c5)c(C(N)=O)c4C1)(C2)C3. The van der Waals surface area contributed by atoms with Crippen molar-refractivity contribution in [2.24, 2.45) is 22.0 Å². The standard InChI is InChI=1S/C27H34ClN5O2/c1-24-11-25(2)13-26(3,12-24)16-27(14-24,15-25)30-23(35)32-7-8-33-19(10-32)20(22(29)34)21(31-33)17-5-4-6-18(28)9-17/h4-6,9H,7-8,10-16H2,1-3H3,(H2,29,34)(H,30,35). The van der Waals surface area contributed by atoms with E-state index in [0.29, 0.717) is 41.6 Å². The Labute approximate surface area is 211 Å². The van der Waals surface area contributed by atoms with Gasteiger partial charge in [-0.2, -0.15) is 5.10 Å². The Kier molecular flexibility index (Phi) is 4.74. The average Bonchev–Trinajstić information content (AvgIpc) is 3.09. The minimum atomic E-state index is -0.543. The highest BCUT2D eigenvalue weighted by Crippen LogP contribution is 2.70. The van der Waals surface area contributed by atoms with Crippen molar-refractivity contribution in [3.63, 3.8) is 0 Å². The van der Waals surface area contributed by atoms with Crippen LogP contribution in [0.5, 0.6) is 0 Å². The lowest BCUT2D eigenvalue weighted by Crippen LogP contribution is -2.68. The molecule has 186 valence electrons. The number of fused-ring (bicyclic) bond motifs is 1. The summed E-state index contributed by atoms with van der Waals surface area (Å²) in [5, 5.41) is 8.77. The fourth-order valence-corrected chi connectivity index (χ4v) is 9.51. The molecule has 8 heteroatoms. The molecule has 35 heavy (non-hydrogen) atoms. The third kappa shape index (κ3) is 3.74. The van der Waals surface area contributed by atoms with Gasteiger partial charge in [-0.3, -0.25) is 9.48 Å². The maximum atomic E-state index is 13.7. The Morgan fingerprint density at radius 1 is 1.00 bits per heavy atom. The zero-order valence-electron chi connectivity index (χ0n) is 20.8. The van der Waals surface area contributed by atoms with Crippen molar-refractivity contribution in [2.75, 3.05) is 6.54 Å². The quantitative estimate of drug-likeness (QED) is 0.629. The summed E-state index contributed by atoms with van der Waals surface area (Å²) in [6, 6.07) is 7.21. The predicted octanol–water partition coefficient (Wildman–Crippen LogP) is 4.97. The van der Waals surface area contributed by atoms with Crippen LogP contribution >= 0.6 is 11.6 Å². The van der Waals surface area contributed by atoms with E-state index in [4.69, 9.17) is 17.3 Å². The maximum Gasteiger partial charge on any atom is 0.318 e. The second-order valence-electron chi connectivity index (χ2n) is 12.9. The van der Waals surface area contributed by atoms with Crippen molar-refractivity contribution >= 4 is 23.5 Å². The molecule has 1 aromatic heterocycles. The molecule has 7 nitrogen and oxygen atoms in total. The van der Waals surface area contributed by atoms with Gasteiger partial charge in [-0.1, -0.05) is 44.5 Å². The summed E-state index contributed by atoms with van der Waals surface area (Å²) in [7, 11) is 0. The lowest BCUT2D eigenvalue weighted by molar-refractivity contribution is -0.155. The van der Waals surface area contributed by atoms with Crippen LogP contribution in [0.3, 0.4) is 0 Å². The molecule has 1 aromatic carbocycles. The molecule has 7 rings (SSSR count). The van der Waals surface area contributed by atoms with Gasteiger partial charge in [0.25, 0.3) is 5.91 Å². The minimum absolute atomic E-state index is 0.0464. The Morgan fingerprint density at radius 2 is 1.63 bits per heavy atom. The first-order valence-corrected chi connectivity index (χ1v) is 13.0. The minimum Gasteiger partial charge on any atom is -0.365 e. The van der Waals surface area contributed by atoms with Crippen LogP contribution in [-0.2, 0) is 13.1 Å². The van der Waals surface area contributed by atoms with E-state index in [1.54, 1.807) is 12.1 Å². The monoisotopic (exact) mass is 495 g/mol. The normalized spacial score (nSPS) is 35.1. The van der Waals surface area contributed by atoms with E-state index in [1.807, 2.05) is 21.7 Å². The Balaban J connectivity index is 1.27. The van der Waals surface area contributed by atoms with Gasteiger partial charge in [0, 0.05) is 22.7 Å². The van der Waals surface area contributed by atoms with Gasteiger partial charge in [0.15, 0.2) is 0 Å². The molecule has 4 aliphatic carbocycles. The lowest BCUT2D eigenvalue weighted by Gasteiger charge is -2.69. The van der Waals surface area contributed by atoms with Gasteiger partial charge >= 0.3 is 6.03 Å². The van der Waals surface area contributed by atoms with E-state index in [-0.39, 0.29) is 27.8 Å². The predicted molar refractivity (Wildman–Crippen MR) is 135 cm³/mol. The number of nitrogens with one attached hydrogen (secondary N) is 1. The molecule has 0 saturated heterocycles. The number of nitrogens with two attached hydrogens (primary N) is 1. The number of amides is 3. The number of hydrogen-bond donors (Lipinski definition) is 2. The highest BCUT2D eigenvalue weighted by Gasteiger charge is 2.64. The number of carbonyl (C=O) groups excluding carboxylic acids is 2. The largest absolute Gasteiger partial charge is 0.365 e. The second-order valence-corrected chi connectivity index (χ2v) is 13.3. The number of benzene rings is 1. The molecular weight excluding hydrogens is 462 g/mol. The van der Waals surface area contributed by atoms with Crippen LogP contribution in [0.1, 0.15) is 75.3 Å². The van der Waals surface area contributed by atoms with Crippen LogP contribution in [0.15, 0.2) is 24.3 Å². The van der Waals surface area contributed by atoms with Crippen LogP contribution in [-0.4, -0.2) is 38.7 Å². The second kappa shape index (κ2) is 7.25. The van der Waals surface area contributed by atoms with Crippen molar-refractivity contribution in [3.8, 4) is 11.3 Å².